The van der Waals surface area contributed by atoms with Gasteiger partial charge in [-0.15, -0.1) is 0 Å². The van der Waals surface area contributed by atoms with Crippen LogP contribution in [-0.2, 0) is 4.79 Å². The van der Waals surface area contributed by atoms with Gasteiger partial charge in [-0.25, -0.2) is 4.39 Å². The Kier molecular flexibility index (Phi) is 5.89. The molecule has 2 rings (SSSR count). The number of amides is 2. The van der Waals surface area contributed by atoms with Crippen molar-refractivity contribution in [2.24, 2.45) is 0 Å². The van der Waals surface area contributed by atoms with Gasteiger partial charge in [0.05, 0.1) is 6.54 Å². The van der Waals surface area contributed by atoms with E-state index >= 15 is 0 Å². The Morgan fingerprint density at radius 3 is 2.29 bits per heavy atom. The van der Waals surface area contributed by atoms with Crippen LogP contribution in [0.3, 0.4) is 0 Å². The maximum absolute atomic E-state index is 12.8. The Morgan fingerprint density at radius 1 is 1.08 bits per heavy atom. The number of rotatable bonds is 6. The SMILES string of the molecule is CC(=O)Nc1ccc(C(=O)N(C)CCOc2ccc(F)cc2)cc1. The Hall–Kier alpha value is -2.89. The lowest BCUT2D eigenvalue weighted by molar-refractivity contribution is -0.114. The van der Waals surface area contributed by atoms with E-state index in [9.17, 15) is 14.0 Å². The average Bonchev–Trinajstić information content (AvgIpc) is 2.56. The molecule has 0 aliphatic rings. The molecule has 6 heteroatoms. The molecule has 1 N–H and O–H groups in total. The van der Waals surface area contributed by atoms with Crippen molar-refractivity contribution in [3.05, 3.63) is 59.9 Å². The first-order chi connectivity index (χ1) is 11.5. The Balaban J connectivity index is 1.85. The predicted molar refractivity (Wildman–Crippen MR) is 89.6 cm³/mol. The smallest absolute Gasteiger partial charge is 0.253 e. The van der Waals surface area contributed by atoms with Crippen LogP contribution in [0.4, 0.5) is 10.1 Å². The number of nitrogens with zero attached hydrogens (tertiary/aromatic N) is 1. The highest BCUT2D eigenvalue weighted by Crippen LogP contribution is 2.12. The zero-order valence-electron chi connectivity index (χ0n) is 13.6. The zero-order valence-corrected chi connectivity index (χ0v) is 13.6. The quantitative estimate of drug-likeness (QED) is 0.886. The van der Waals surface area contributed by atoms with E-state index in [0.29, 0.717) is 30.2 Å². The average molecular weight is 330 g/mol. The molecular formula is C18H19FN2O3. The van der Waals surface area contributed by atoms with Crippen molar-refractivity contribution in [1.29, 1.82) is 0 Å². The number of nitrogens with one attached hydrogen (secondary N) is 1. The molecule has 0 saturated carbocycles. The van der Waals surface area contributed by atoms with Gasteiger partial charge in [0.1, 0.15) is 18.2 Å². The van der Waals surface area contributed by atoms with E-state index in [1.54, 1.807) is 31.3 Å². The summed E-state index contributed by atoms with van der Waals surface area (Å²) in [5.74, 6) is -0.0783. The molecule has 0 fully saturated rings. The number of anilines is 1. The van der Waals surface area contributed by atoms with Gasteiger partial charge in [0.25, 0.3) is 5.91 Å². The molecule has 24 heavy (non-hydrogen) atoms. The first-order valence-corrected chi connectivity index (χ1v) is 7.47. The summed E-state index contributed by atoms with van der Waals surface area (Å²) in [5, 5.41) is 2.65. The largest absolute Gasteiger partial charge is 0.492 e. The van der Waals surface area contributed by atoms with Crippen LogP contribution < -0.4 is 10.1 Å². The van der Waals surface area contributed by atoms with Gasteiger partial charge in [0.15, 0.2) is 0 Å². The number of ether oxygens (including phenoxy) is 1. The zero-order chi connectivity index (χ0) is 17.5. The second-order valence-corrected chi connectivity index (χ2v) is 5.29. The third-order valence-corrected chi connectivity index (χ3v) is 3.31. The molecule has 0 radical (unpaired) electrons. The number of hydrogen-bond donors (Lipinski definition) is 1. The summed E-state index contributed by atoms with van der Waals surface area (Å²) in [5.41, 5.74) is 1.16. The minimum Gasteiger partial charge on any atom is -0.492 e. The van der Waals surface area contributed by atoms with Crippen molar-refractivity contribution in [2.75, 3.05) is 25.5 Å². The van der Waals surface area contributed by atoms with Crippen molar-refractivity contribution in [3.8, 4) is 5.75 Å². The highest BCUT2D eigenvalue weighted by molar-refractivity contribution is 5.95. The Bertz CT molecular complexity index is 699. The maximum atomic E-state index is 12.8. The molecule has 5 nitrogen and oxygen atoms in total. The molecule has 0 atom stereocenters. The fraction of sp³-hybridized carbons (Fsp3) is 0.222. The van der Waals surface area contributed by atoms with E-state index in [1.807, 2.05) is 0 Å². The summed E-state index contributed by atoms with van der Waals surface area (Å²) in [7, 11) is 1.68. The van der Waals surface area contributed by atoms with Gasteiger partial charge in [0, 0.05) is 25.2 Å². The molecule has 2 aromatic carbocycles. The van der Waals surface area contributed by atoms with Gasteiger partial charge >= 0.3 is 0 Å². The highest BCUT2D eigenvalue weighted by atomic mass is 19.1. The molecule has 0 aromatic heterocycles. The summed E-state index contributed by atoms with van der Waals surface area (Å²) in [6.07, 6.45) is 0. The van der Waals surface area contributed by atoms with Crippen molar-refractivity contribution in [1.82, 2.24) is 4.90 Å². The van der Waals surface area contributed by atoms with Crippen LogP contribution in [0.1, 0.15) is 17.3 Å². The number of carbonyl (C=O) groups is 2. The summed E-state index contributed by atoms with van der Waals surface area (Å²) >= 11 is 0. The lowest BCUT2D eigenvalue weighted by atomic mass is 10.2. The summed E-state index contributed by atoms with van der Waals surface area (Å²) in [6, 6.07) is 12.4. The third kappa shape index (κ3) is 5.08. The van der Waals surface area contributed by atoms with Crippen molar-refractivity contribution >= 4 is 17.5 Å². The summed E-state index contributed by atoms with van der Waals surface area (Å²) in [4.78, 5) is 24.8. The third-order valence-electron chi connectivity index (χ3n) is 3.31. The number of benzene rings is 2. The molecule has 2 amide bonds. The molecular weight excluding hydrogens is 311 g/mol. The van der Waals surface area contributed by atoms with E-state index in [-0.39, 0.29) is 17.6 Å². The molecule has 0 aliphatic heterocycles. The fourth-order valence-corrected chi connectivity index (χ4v) is 2.05. The first-order valence-electron chi connectivity index (χ1n) is 7.47. The number of likely N-dealkylation sites (N-methyl/N-ethyl adjacent to an activating group) is 1. The van der Waals surface area contributed by atoms with Crippen LogP contribution in [0.2, 0.25) is 0 Å². The molecule has 0 unspecified atom stereocenters. The van der Waals surface area contributed by atoms with Gasteiger partial charge in [0.2, 0.25) is 5.91 Å². The van der Waals surface area contributed by atoms with Crippen LogP contribution >= 0.6 is 0 Å². The van der Waals surface area contributed by atoms with Gasteiger partial charge in [-0.1, -0.05) is 0 Å². The van der Waals surface area contributed by atoms with Crippen LogP contribution in [0, 0.1) is 5.82 Å². The van der Waals surface area contributed by atoms with Crippen molar-refractivity contribution in [3.63, 3.8) is 0 Å². The Labute approximate surface area is 140 Å². The first kappa shape index (κ1) is 17.5. The van der Waals surface area contributed by atoms with Gasteiger partial charge in [-0.3, -0.25) is 9.59 Å². The lowest BCUT2D eigenvalue weighted by Crippen LogP contribution is -2.30. The second-order valence-electron chi connectivity index (χ2n) is 5.29. The van der Waals surface area contributed by atoms with Crippen LogP contribution in [-0.4, -0.2) is 36.9 Å². The summed E-state index contributed by atoms with van der Waals surface area (Å²) in [6.45, 7) is 2.12. The van der Waals surface area contributed by atoms with Crippen LogP contribution in [0.5, 0.6) is 5.75 Å². The number of carbonyl (C=O) groups excluding carboxylic acids is 2. The Morgan fingerprint density at radius 2 is 1.71 bits per heavy atom. The monoisotopic (exact) mass is 330 g/mol. The second kappa shape index (κ2) is 8.10. The number of halogens is 1. The molecule has 0 spiro atoms. The van der Waals surface area contributed by atoms with E-state index in [4.69, 9.17) is 4.74 Å². The molecule has 2 aromatic rings. The lowest BCUT2D eigenvalue weighted by Gasteiger charge is -2.17. The van der Waals surface area contributed by atoms with E-state index in [0.717, 1.165) is 0 Å². The fourth-order valence-electron chi connectivity index (χ4n) is 2.05. The normalized spacial score (nSPS) is 10.1. The maximum Gasteiger partial charge on any atom is 0.253 e. The molecule has 0 bridgehead atoms. The van der Waals surface area contributed by atoms with E-state index < -0.39 is 0 Å². The van der Waals surface area contributed by atoms with Gasteiger partial charge < -0.3 is 15.0 Å². The summed E-state index contributed by atoms with van der Waals surface area (Å²) < 4.78 is 18.3. The highest BCUT2D eigenvalue weighted by Gasteiger charge is 2.11. The van der Waals surface area contributed by atoms with Crippen LogP contribution in [0.15, 0.2) is 48.5 Å². The van der Waals surface area contributed by atoms with Crippen LogP contribution in [0.25, 0.3) is 0 Å². The minimum atomic E-state index is -0.322. The van der Waals surface area contributed by atoms with E-state index in [2.05, 4.69) is 5.32 Å². The van der Waals surface area contributed by atoms with Gasteiger partial charge in [-0.2, -0.15) is 0 Å². The molecule has 0 aliphatic carbocycles. The number of hydrogen-bond acceptors (Lipinski definition) is 3. The topological polar surface area (TPSA) is 58.6 Å². The molecule has 126 valence electrons. The molecule has 0 heterocycles. The standard InChI is InChI=1S/C18H19FN2O3/c1-13(22)20-16-7-3-14(4-8-16)18(23)21(2)11-12-24-17-9-5-15(19)6-10-17/h3-10H,11-12H2,1-2H3,(H,20,22). The predicted octanol–water partition coefficient (Wildman–Crippen LogP) is 2.94. The molecule has 0 saturated heterocycles. The van der Waals surface area contributed by atoms with E-state index in [1.165, 1.54) is 36.1 Å². The van der Waals surface area contributed by atoms with Crippen molar-refractivity contribution < 1.29 is 18.7 Å². The van der Waals surface area contributed by atoms with Gasteiger partial charge in [-0.05, 0) is 48.5 Å². The minimum absolute atomic E-state index is 0.146. The van der Waals surface area contributed by atoms with Crippen molar-refractivity contribution in [2.45, 2.75) is 6.92 Å².